The fourth-order valence-corrected chi connectivity index (χ4v) is 1.66. The number of carbonyl (C=O) groups excluding carboxylic acids is 1. The van der Waals surface area contributed by atoms with Gasteiger partial charge in [0.15, 0.2) is 0 Å². The Bertz CT molecular complexity index is 552. The Morgan fingerprint density at radius 1 is 1.11 bits per heavy atom. The molecule has 0 saturated carbocycles. The van der Waals surface area contributed by atoms with Gasteiger partial charge in [0.1, 0.15) is 5.82 Å². The molecule has 0 radical (unpaired) electrons. The summed E-state index contributed by atoms with van der Waals surface area (Å²) >= 11 is 0. The van der Waals surface area contributed by atoms with Crippen molar-refractivity contribution < 1.29 is 4.79 Å². The molecule has 0 unspecified atom stereocenters. The van der Waals surface area contributed by atoms with Crippen LogP contribution >= 0.6 is 0 Å². The van der Waals surface area contributed by atoms with Crippen LogP contribution in [0.25, 0.3) is 0 Å². The lowest BCUT2D eigenvalue weighted by atomic mass is 10.1. The standard InChI is InChI=1S/C14H15N3O/c1-10-6-7-12(11(2)9-10)16-14(18)17-13-5-3-4-8-15-13/h3-9H,1-2H3,(H2,15,16,17,18). The van der Waals surface area contributed by atoms with E-state index in [-0.39, 0.29) is 6.03 Å². The molecule has 0 saturated heterocycles. The highest BCUT2D eigenvalue weighted by Crippen LogP contribution is 2.16. The van der Waals surface area contributed by atoms with Crippen molar-refractivity contribution in [1.82, 2.24) is 4.98 Å². The summed E-state index contributed by atoms with van der Waals surface area (Å²) in [7, 11) is 0. The van der Waals surface area contributed by atoms with Gasteiger partial charge < -0.3 is 5.32 Å². The second kappa shape index (κ2) is 5.31. The van der Waals surface area contributed by atoms with E-state index in [1.165, 1.54) is 5.56 Å². The van der Waals surface area contributed by atoms with E-state index in [4.69, 9.17) is 0 Å². The monoisotopic (exact) mass is 241 g/mol. The van der Waals surface area contributed by atoms with Crippen LogP contribution in [0.4, 0.5) is 16.3 Å². The third-order valence-electron chi connectivity index (χ3n) is 2.54. The minimum absolute atomic E-state index is 0.291. The highest BCUT2D eigenvalue weighted by Gasteiger charge is 2.05. The van der Waals surface area contributed by atoms with Crippen LogP contribution in [0, 0.1) is 13.8 Å². The first-order chi connectivity index (χ1) is 8.65. The summed E-state index contributed by atoms with van der Waals surface area (Å²) in [6.45, 7) is 3.98. The number of carbonyl (C=O) groups is 1. The topological polar surface area (TPSA) is 54.0 Å². The van der Waals surface area contributed by atoms with Crippen molar-refractivity contribution in [1.29, 1.82) is 0 Å². The number of anilines is 2. The van der Waals surface area contributed by atoms with E-state index in [9.17, 15) is 4.79 Å². The zero-order chi connectivity index (χ0) is 13.0. The van der Waals surface area contributed by atoms with Gasteiger partial charge in [-0.15, -0.1) is 0 Å². The first-order valence-electron chi connectivity index (χ1n) is 5.71. The SMILES string of the molecule is Cc1ccc(NC(=O)Nc2ccccn2)c(C)c1. The molecule has 2 amide bonds. The lowest BCUT2D eigenvalue weighted by Crippen LogP contribution is -2.20. The van der Waals surface area contributed by atoms with E-state index in [0.29, 0.717) is 5.82 Å². The smallest absolute Gasteiger partial charge is 0.307 e. The second-order valence-electron chi connectivity index (χ2n) is 4.11. The Morgan fingerprint density at radius 2 is 1.94 bits per heavy atom. The van der Waals surface area contributed by atoms with Crippen LogP contribution in [-0.4, -0.2) is 11.0 Å². The van der Waals surface area contributed by atoms with Gasteiger partial charge in [0.25, 0.3) is 0 Å². The zero-order valence-electron chi connectivity index (χ0n) is 10.4. The Balaban J connectivity index is 2.03. The second-order valence-corrected chi connectivity index (χ2v) is 4.11. The normalized spacial score (nSPS) is 9.89. The summed E-state index contributed by atoms with van der Waals surface area (Å²) in [5.74, 6) is 0.528. The molecule has 0 fully saturated rings. The molecule has 1 aromatic carbocycles. The van der Waals surface area contributed by atoms with Crippen molar-refractivity contribution >= 4 is 17.5 Å². The van der Waals surface area contributed by atoms with Gasteiger partial charge in [-0.3, -0.25) is 5.32 Å². The summed E-state index contributed by atoms with van der Waals surface area (Å²) in [6, 6.07) is 10.9. The minimum atomic E-state index is -0.291. The number of nitrogens with one attached hydrogen (secondary N) is 2. The molecule has 2 aromatic rings. The van der Waals surface area contributed by atoms with Crippen LogP contribution in [0.5, 0.6) is 0 Å². The number of urea groups is 1. The molecular weight excluding hydrogens is 226 g/mol. The fourth-order valence-electron chi connectivity index (χ4n) is 1.66. The van der Waals surface area contributed by atoms with Gasteiger partial charge in [-0.1, -0.05) is 23.8 Å². The van der Waals surface area contributed by atoms with E-state index < -0.39 is 0 Å². The molecule has 0 aliphatic rings. The third-order valence-corrected chi connectivity index (χ3v) is 2.54. The highest BCUT2D eigenvalue weighted by molar-refractivity contribution is 5.99. The minimum Gasteiger partial charge on any atom is -0.307 e. The third kappa shape index (κ3) is 3.07. The molecule has 2 N–H and O–H groups in total. The molecule has 18 heavy (non-hydrogen) atoms. The zero-order valence-corrected chi connectivity index (χ0v) is 10.4. The van der Waals surface area contributed by atoms with E-state index in [1.807, 2.05) is 38.1 Å². The van der Waals surface area contributed by atoms with Gasteiger partial charge >= 0.3 is 6.03 Å². The van der Waals surface area contributed by atoms with Gasteiger partial charge in [0.2, 0.25) is 0 Å². The summed E-state index contributed by atoms with van der Waals surface area (Å²) in [5.41, 5.74) is 3.00. The maximum Gasteiger partial charge on any atom is 0.324 e. The maximum absolute atomic E-state index is 11.8. The van der Waals surface area contributed by atoms with Gasteiger partial charge in [-0.25, -0.2) is 9.78 Å². The van der Waals surface area contributed by atoms with Crippen LogP contribution in [0.15, 0.2) is 42.6 Å². The largest absolute Gasteiger partial charge is 0.324 e. The van der Waals surface area contributed by atoms with Crippen molar-refractivity contribution in [2.24, 2.45) is 0 Å². The Hall–Kier alpha value is -2.36. The predicted molar refractivity (Wildman–Crippen MR) is 72.8 cm³/mol. The first kappa shape index (κ1) is 12.1. The number of nitrogens with zero attached hydrogens (tertiary/aromatic N) is 1. The number of hydrogen-bond donors (Lipinski definition) is 2. The summed E-state index contributed by atoms with van der Waals surface area (Å²) in [6.07, 6.45) is 1.63. The van der Waals surface area contributed by atoms with Crippen LogP contribution in [0.2, 0.25) is 0 Å². The number of hydrogen-bond acceptors (Lipinski definition) is 2. The van der Waals surface area contributed by atoms with Gasteiger partial charge in [0.05, 0.1) is 0 Å². The Morgan fingerprint density at radius 3 is 2.61 bits per heavy atom. The number of benzene rings is 1. The van der Waals surface area contributed by atoms with Gasteiger partial charge in [0, 0.05) is 11.9 Å². The van der Waals surface area contributed by atoms with Crippen LogP contribution in [0.3, 0.4) is 0 Å². The number of amides is 2. The molecule has 1 heterocycles. The molecular formula is C14H15N3O. The van der Waals surface area contributed by atoms with Crippen molar-refractivity contribution in [3.05, 3.63) is 53.7 Å². The average molecular weight is 241 g/mol. The summed E-state index contributed by atoms with van der Waals surface area (Å²) < 4.78 is 0. The Labute approximate surface area is 106 Å². The lowest BCUT2D eigenvalue weighted by molar-refractivity contribution is 0.262. The number of rotatable bonds is 2. The molecule has 2 rings (SSSR count). The van der Waals surface area contributed by atoms with E-state index in [0.717, 1.165) is 11.3 Å². The van der Waals surface area contributed by atoms with Crippen molar-refractivity contribution in [2.75, 3.05) is 10.6 Å². The number of pyridine rings is 1. The van der Waals surface area contributed by atoms with Gasteiger partial charge in [-0.2, -0.15) is 0 Å². The Kier molecular flexibility index (Phi) is 3.57. The molecule has 0 aliphatic carbocycles. The molecule has 4 nitrogen and oxygen atoms in total. The highest BCUT2D eigenvalue weighted by atomic mass is 16.2. The van der Waals surface area contributed by atoms with Crippen molar-refractivity contribution in [3.63, 3.8) is 0 Å². The summed E-state index contributed by atoms with van der Waals surface area (Å²) in [5, 5.41) is 5.47. The molecule has 0 aliphatic heterocycles. The molecule has 0 spiro atoms. The molecule has 0 atom stereocenters. The van der Waals surface area contributed by atoms with E-state index >= 15 is 0 Å². The van der Waals surface area contributed by atoms with Crippen LogP contribution < -0.4 is 10.6 Å². The molecule has 0 bridgehead atoms. The molecule has 4 heteroatoms. The summed E-state index contributed by atoms with van der Waals surface area (Å²) in [4.78, 5) is 15.8. The average Bonchev–Trinajstić information content (AvgIpc) is 2.34. The molecule has 1 aromatic heterocycles. The maximum atomic E-state index is 11.8. The number of aryl methyl sites for hydroxylation is 2. The fraction of sp³-hybridized carbons (Fsp3) is 0.143. The lowest BCUT2D eigenvalue weighted by Gasteiger charge is -2.09. The van der Waals surface area contributed by atoms with E-state index in [1.54, 1.807) is 18.3 Å². The predicted octanol–water partition coefficient (Wildman–Crippen LogP) is 3.34. The van der Waals surface area contributed by atoms with Gasteiger partial charge in [-0.05, 0) is 37.6 Å². The van der Waals surface area contributed by atoms with Crippen LogP contribution in [-0.2, 0) is 0 Å². The quantitative estimate of drug-likeness (QED) is 0.847. The van der Waals surface area contributed by atoms with Crippen molar-refractivity contribution in [2.45, 2.75) is 13.8 Å². The van der Waals surface area contributed by atoms with Crippen LogP contribution in [0.1, 0.15) is 11.1 Å². The number of aromatic nitrogens is 1. The van der Waals surface area contributed by atoms with Crippen molar-refractivity contribution in [3.8, 4) is 0 Å². The van der Waals surface area contributed by atoms with E-state index in [2.05, 4.69) is 15.6 Å². The first-order valence-corrected chi connectivity index (χ1v) is 5.71. The molecule has 92 valence electrons.